The summed E-state index contributed by atoms with van der Waals surface area (Å²) in [5, 5.41) is 0. The van der Waals surface area contributed by atoms with Gasteiger partial charge in [-0.2, -0.15) is 0 Å². The van der Waals surface area contributed by atoms with Crippen molar-refractivity contribution in [3.8, 4) is 0 Å². The lowest BCUT2D eigenvalue weighted by molar-refractivity contribution is -0.130. The molecule has 5 atom stereocenters. The molecular formula is C18H30O2. The molecule has 0 radical (unpaired) electrons. The Labute approximate surface area is 123 Å². The summed E-state index contributed by atoms with van der Waals surface area (Å²) in [4.78, 5) is 12.0. The molecule has 0 aromatic heterocycles. The highest BCUT2D eigenvalue weighted by Gasteiger charge is 2.63. The van der Waals surface area contributed by atoms with Crippen molar-refractivity contribution in [2.24, 2.45) is 28.6 Å². The fraction of sp³-hybridized carbons (Fsp3) is 0.944. The third kappa shape index (κ3) is 1.90. The van der Waals surface area contributed by atoms with Crippen LogP contribution in [0.3, 0.4) is 0 Å². The van der Waals surface area contributed by atoms with Crippen molar-refractivity contribution in [3.05, 3.63) is 0 Å². The molecule has 0 heterocycles. The van der Waals surface area contributed by atoms with E-state index in [0.717, 1.165) is 31.8 Å². The molecule has 2 heteroatoms. The number of ketones is 1. The van der Waals surface area contributed by atoms with Gasteiger partial charge in [0.1, 0.15) is 5.78 Å². The van der Waals surface area contributed by atoms with E-state index in [2.05, 4.69) is 27.7 Å². The first-order chi connectivity index (χ1) is 9.40. The Kier molecular flexibility index (Phi) is 3.52. The van der Waals surface area contributed by atoms with E-state index in [4.69, 9.17) is 4.74 Å². The zero-order valence-corrected chi connectivity index (χ0v) is 13.6. The van der Waals surface area contributed by atoms with E-state index < -0.39 is 0 Å². The number of Topliss-reactive ketones (excluding diaryl/α,β-unsaturated/α-hetero) is 1. The molecule has 3 aliphatic rings. The predicted octanol–water partition coefficient (Wildman–Crippen LogP) is 4.22. The molecule has 0 aromatic rings. The first-order valence-corrected chi connectivity index (χ1v) is 8.53. The maximum Gasteiger partial charge on any atom is 0.133 e. The summed E-state index contributed by atoms with van der Waals surface area (Å²) >= 11 is 0. The Morgan fingerprint density at radius 1 is 1.25 bits per heavy atom. The van der Waals surface area contributed by atoms with Crippen LogP contribution in [0.4, 0.5) is 0 Å². The smallest absolute Gasteiger partial charge is 0.133 e. The number of fused-ring (bicyclic) bond motifs is 2. The summed E-state index contributed by atoms with van der Waals surface area (Å²) in [5.41, 5.74) is 0.851. The van der Waals surface area contributed by atoms with Gasteiger partial charge in [-0.15, -0.1) is 0 Å². The first-order valence-electron chi connectivity index (χ1n) is 8.53. The molecule has 114 valence electrons. The number of hydrogen-bond donors (Lipinski definition) is 0. The molecule has 0 N–H and O–H groups in total. The van der Waals surface area contributed by atoms with Crippen molar-refractivity contribution in [2.75, 3.05) is 6.61 Å². The van der Waals surface area contributed by atoms with Gasteiger partial charge in [0.05, 0.1) is 6.10 Å². The number of rotatable bonds is 3. The normalized spacial score (nSPS) is 46.9. The van der Waals surface area contributed by atoms with E-state index in [1.54, 1.807) is 0 Å². The van der Waals surface area contributed by atoms with E-state index in [0.29, 0.717) is 34.6 Å². The number of carbonyl (C=O) groups is 1. The molecule has 3 saturated carbocycles. The van der Waals surface area contributed by atoms with Crippen molar-refractivity contribution in [2.45, 2.75) is 72.3 Å². The van der Waals surface area contributed by atoms with Crippen molar-refractivity contribution in [1.29, 1.82) is 0 Å². The van der Waals surface area contributed by atoms with Gasteiger partial charge in [0.15, 0.2) is 0 Å². The summed E-state index contributed by atoms with van der Waals surface area (Å²) in [6.07, 6.45) is 6.85. The van der Waals surface area contributed by atoms with Crippen LogP contribution in [0.1, 0.15) is 66.2 Å². The molecule has 0 aliphatic heterocycles. The minimum Gasteiger partial charge on any atom is -0.378 e. The molecule has 0 aromatic carbocycles. The molecule has 0 amide bonds. The summed E-state index contributed by atoms with van der Waals surface area (Å²) in [6.45, 7) is 10.3. The summed E-state index contributed by atoms with van der Waals surface area (Å²) in [6, 6.07) is 0. The van der Waals surface area contributed by atoms with Gasteiger partial charge in [-0.3, -0.25) is 4.79 Å². The molecule has 2 nitrogen and oxygen atoms in total. The van der Waals surface area contributed by atoms with Crippen LogP contribution in [0.25, 0.3) is 0 Å². The topological polar surface area (TPSA) is 26.3 Å². The van der Waals surface area contributed by atoms with Crippen molar-refractivity contribution in [1.82, 2.24) is 0 Å². The Morgan fingerprint density at radius 3 is 2.55 bits per heavy atom. The molecule has 20 heavy (non-hydrogen) atoms. The van der Waals surface area contributed by atoms with Crippen LogP contribution in [-0.2, 0) is 9.53 Å². The fourth-order valence-corrected chi connectivity index (χ4v) is 5.75. The average molecular weight is 278 g/mol. The third-order valence-electron chi connectivity index (χ3n) is 7.41. The molecule has 3 aliphatic carbocycles. The van der Waals surface area contributed by atoms with Gasteiger partial charge in [0.2, 0.25) is 0 Å². The minimum absolute atomic E-state index is 0.328. The van der Waals surface area contributed by atoms with Gasteiger partial charge in [0, 0.05) is 19.4 Å². The lowest BCUT2D eigenvalue weighted by atomic mass is 9.60. The number of ether oxygens (including phenoxy) is 1. The Bertz CT molecular complexity index is 400. The van der Waals surface area contributed by atoms with Gasteiger partial charge in [-0.25, -0.2) is 0 Å². The molecule has 0 saturated heterocycles. The second kappa shape index (κ2) is 4.83. The zero-order chi connectivity index (χ0) is 14.5. The molecular weight excluding hydrogens is 248 g/mol. The molecule has 3 fully saturated rings. The van der Waals surface area contributed by atoms with E-state index in [1.165, 1.54) is 19.3 Å². The van der Waals surface area contributed by atoms with Crippen molar-refractivity contribution >= 4 is 5.78 Å². The van der Waals surface area contributed by atoms with Crippen LogP contribution in [0.5, 0.6) is 0 Å². The van der Waals surface area contributed by atoms with Gasteiger partial charge < -0.3 is 4.74 Å². The lowest BCUT2D eigenvalue weighted by Crippen LogP contribution is -2.43. The standard InChI is InChI=1S/C18H30O2/c1-5-20-16-7-6-13(19)11-14(16)15-10-12-8-9-18(15,4)17(12,2)3/h12,14-16H,5-11H2,1-4H3/t12-,14?,15+,16?,18+/m0/s1. The van der Waals surface area contributed by atoms with Crippen LogP contribution in [0.2, 0.25) is 0 Å². The van der Waals surface area contributed by atoms with Gasteiger partial charge in [0.25, 0.3) is 0 Å². The van der Waals surface area contributed by atoms with Crippen molar-refractivity contribution < 1.29 is 9.53 Å². The quantitative estimate of drug-likeness (QED) is 0.772. The largest absolute Gasteiger partial charge is 0.378 e. The van der Waals surface area contributed by atoms with Crippen LogP contribution in [-0.4, -0.2) is 18.5 Å². The van der Waals surface area contributed by atoms with Crippen LogP contribution in [0, 0.1) is 28.6 Å². The van der Waals surface area contributed by atoms with Crippen molar-refractivity contribution in [3.63, 3.8) is 0 Å². The van der Waals surface area contributed by atoms with E-state index in [9.17, 15) is 4.79 Å². The zero-order valence-electron chi connectivity index (χ0n) is 13.6. The lowest BCUT2D eigenvalue weighted by Gasteiger charge is -2.46. The highest BCUT2D eigenvalue weighted by atomic mass is 16.5. The maximum atomic E-state index is 12.0. The second-order valence-electron chi connectivity index (χ2n) is 8.16. The van der Waals surface area contributed by atoms with E-state index in [1.807, 2.05) is 0 Å². The number of hydrogen-bond acceptors (Lipinski definition) is 2. The Morgan fingerprint density at radius 2 is 2.00 bits per heavy atom. The average Bonchev–Trinajstić information content (AvgIpc) is 2.73. The third-order valence-corrected chi connectivity index (χ3v) is 7.41. The summed E-state index contributed by atoms with van der Waals surface area (Å²) < 4.78 is 6.02. The van der Waals surface area contributed by atoms with Gasteiger partial charge in [-0.1, -0.05) is 20.8 Å². The molecule has 0 spiro atoms. The van der Waals surface area contributed by atoms with E-state index in [-0.39, 0.29) is 0 Å². The molecule has 2 unspecified atom stereocenters. The molecule has 2 bridgehead atoms. The number of carbonyl (C=O) groups excluding carboxylic acids is 1. The molecule has 3 rings (SSSR count). The fourth-order valence-electron chi connectivity index (χ4n) is 5.75. The minimum atomic E-state index is 0.328. The van der Waals surface area contributed by atoms with Crippen LogP contribution in [0.15, 0.2) is 0 Å². The predicted molar refractivity (Wildman–Crippen MR) is 80.5 cm³/mol. The first kappa shape index (κ1) is 14.6. The van der Waals surface area contributed by atoms with Crippen LogP contribution >= 0.6 is 0 Å². The SMILES string of the molecule is CCOC1CCC(=O)CC1[C@H]1C[C@@H]2CC[C@@]1(C)C2(C)C. The second-order valence-corrected chi connectivity index (χ2v) is 8.16. The monoisotopic (exact) mass is 278 g/mol. The highest BCUT2D eigenvalue weighted by molar-refractivity contribution is 5.79. The highest BCUT2D eigenvalue weighted by Crippen LogP contribution is 2.70. The van der Waals surface area contributed by atoms with Gasteiger partial charge >= 0.3 is 0 Å². The van der Waals surface area contributed by atoms with Crippen LogP contribution < -0.4 is 0 Å². The van der Waals surface area contributed by atoms with E-state index >= 15 is 0 Å². The van der Waals surface area contributed by atoms with Gasteiger partial charge in [-0.05, 0) is 61.2 Å². The maximum absolute atomic E-state index is 12.0. The Hall–Kier alpha value is -0.370. The Balaban J connectivity index is 1.86. The summed E-state index contributed by atoms with van der Waals surface area (Å²) in [5.74, 6) is 2.50. The summed E-state index contributed by atoms with van der Waals surface area (Å²) in [7, 11) is 0.